The molecule has 1 saturated carbocycles. The Morgan fingerprint density at radius 2 is 2.27 bits per heavy atom. The molecule has 0 atom stereocenters. The molecule has 1 aromatic heterocycles. The number of hydrogen-bond donors (Lipinski definition) is 1. The van der Waals surface area contributed by atoms with Gasteiger partial charge in [-0.05, 0) is 33.1 Å². The van der Waals surface area contributed by atoms with Gasteiger partial charge >= 0.3 is 0 Å². The summed E-state index contributed by atoms with van der Waals surface area (Å²) in [6.45, 7) is 7.56. The normalized spacial score (nSPS) is 16.3. The maximum atomic E-state index is 4.46. The predicted octanol–water partition coefficient (Wildman–Crippen LogP) is 2.28. The molecule has 1 aromatic rings. The zero-order chi connectivity index (χ0) is 10.8. The Balaban J connectivity index is 2.07. The maximum absolute atomic E-state index is 4.46. The highest BCUT2D eigenvalue weighted by atomic mass is 15.3. The number of nitrogens with one attached hydrogen (secondary N) is 1. The Bertz CT molecular complexity index is 324. The minimum absolute atomic E-state index is 0.467. The van der Waals surface area contributed by atoms with Crippen molar-refractivity contribution in [3.63, 3.8) is 0 Å². The van der Waals surface area contributed by atoms with Gasteiger partial charge in [-0.15, -0.1) is 0 Å². The van der Waals surface area contributed by atoms with E-state index in [1.54, 1.807) is 0 Å². The molecule has 0 aromatic carbocycles. The van der Waals surface area contributed by atoms with E-state index in [2.05, 4.69) is 35.9 Å². The van der Waals surface area contributed by atoms with Gasteiger partial charge in [0.05, 0.1) is 6.20 Å². The quantitative estimate of drug-likeness (QED) is 0.802. The molecule has 1 aliphatic carbocycles. The zero-order valence-electron chi connectivity index (χ0n) is 9.95. The molecule has 0 spiro atoms. The van der Waals surface area contributed by atoms with Gasteiger partial charge in [-0.25, -0.2) is 0 Å². The van der Waals surface area contributed by atoms with Gasteiger partial charge in [-0.2, -0.15) is 5.10 Å². The van der Waals surface area contributed by atoms with Crippen molar-refractivity contribution in [1.82, 2.24) is 15.1 Å². The molecule has 2 rings (SSSR count). The lowest BCUT2D eigenvalue weighted by atomic mass is 10.2. The molecule has 3 nitrogen and oxygen atoms in total. The predicted molar refractivity (Wildman–Crippen MR) is 61.9 cm³/mol. The molecule has 0 unspecified atom stereocenters. The molecule has 0 aliphatic heterocycles. The fourth-order valence-electron chi connectivity index (χ4n) is 1.95. The maximum Gasteiger partial charge on any atom is 0.0537 e. The standard InChI is InChI=1S/C12H21N3/c1-4-12-10(7-13-11-5-6-11)8-14-15(12)9(2)3/h8-9,11,13H,4-7H2,1-3H3. The smallest absolute Gasteiger partial charge is 0.0537 e. The van der Waals surface area contributed by atoms with E-state index in [1.807, 2.05) is 6.20 Å². The third kappa shape index (κ3) is 2.40. The Kier molecular flexibility index (Phi) is 3.10. The highest BCUT2D eigenvalue weighted by molar-refractivity contribution is 5.18. The van der Waals surface area contributed by atoms with Crippen molar-refractivity contribution in [1.29, 1.82) is 0 Å². The van der Waals surface area contributed by atoms with Gasteiger partial charge in [0.1, 0.15) is 0 Å². The van der Waals surface area contributed by atoms with Crippen LogP contribution < -0.4 is 5.32 Å². The number of nitrogens with zero attached hydrogens (tertiary/aromatic N) is 2. The van der Waals surface area contributed by atoms with E-state index in [-0.39, 0.29) is 0 Å². The van der Waals surface area contributed by atoms with Gasteiger partial charge < -0.3 is 5.32 Å². The third-order valence-electron chi connectivity index (χ3n) is 2.97. The number of rotatable bonds is 5. The minimum atomic E-state index is 0.467. The van der Waals surface area contributed by atoms with Crippen LogP contribution in [0.15, 0.2) is 6.20 Å². The summed E-state index contributed by atoms with van der Waals surface area (Å²) >= 11 is 0. The number of hydrogen-bond acceptors (Lipinski definition) is 2. The second-order valence-electron chi connectivity index (χ2n) is 4.66. The lowest BCUT2D eigenvalue weighted by Crippen LogP contribution is -2.16. The summed E-state index contributed by atoms with van der Waals surface area (Å²) in [5.74, 6) is 0. The van der Waals surface area contributed by atoms with Crippen LogP contribution >= 0.6 is 0 Å². The highest BCUT2D eigenvalue weighted by Crippen LogP contribution is 2.20. The highest BCUT2D eigenvalue weighted by Gasteiger charge is 2.21. The molecule has 1 aliphatic rings. The van der Waals surface area contributed by atoms with Crippen LogP contribution in [-0.4, -0.2) is 15.8 Å². The molecule has 1 fully saturated rings. The van der Waals surface area contributed by atoms with Gasteiger partial charge in [-0.1, -0.05) is 6.92 Å². The van der Waals surface area contributed by atoms with Crippen molar-refractivity contribution in [2.45, 2.75) is 58.7 Å². The van der Waals surface area contributed by atoms with E-state index < -0.39 is 0 Å². The molecule has 0 radical (unpaired) electrons. The molecule has 1 N–H and O–H groups in total. The first-order chi connectivity index (χ1) is 7.22. The Labute approximate surface area is 91.9 Å². The fourth-order valence-corrected chi connectivity index (χ4v) is 1.95. The van der Waals surface area contributed by atoms with Crippen LogP contribution in [0.1, 0.15) is 50.9 Å². The van der Waals surface area contributed by atoms with Gasteiger partial charge in [0.25, 0.3) is 0 Å². The average molecular weight is 207 g/mol. The van der Waals surface area contributed by atoms with E-state index in [0.717, 1.165) is 19.0 Å². The first-order valence-corrected chi connectivity index (χ1v) is 6.01. The van der Waals surface area contributed by atoms with E-state index in [0.29, 0.717) is 6.04 Å². The summed E-state index contributed by atoms with van der Waals surface area (Å²) in [7, 11) is 0. The van der Waals surface area contributed by atoms with Crippen LogP contribution in [0.3, 0.4) is 0 Å². The molecule has 0 amide bonds. The molecule has 0 bridgehead atoms. The minimum Gasteiger partial charge on any atom is -0.310 e. The second-order valence-corrected chi connectivity index (χ2v) is 4.66. The van der Waals surface area contributed by atoms with Crippen molar-refractivity contribution < 1.29 is 0 Å². The van der Waals surface area contributed by atoms with Crippen LogP contribution in [0.2, 0.25) is 0 Å². The fraction of sp³-hybridized carbons (Fsp3) is 0.750. The van der Waals surface area contributed by atoms with Gasteiger partial charge in [-0.3, -0.25) is 4.68 Å². The van der Waals surface area contributed by atoms with Crippen LogP contribution in [0.5, 0.6) is 0 Å². The molecule has 84 valence electrons. The Morgan fingerprint density at radius 3 is 2.80 bits per heavy atom. The van der Waals surface area contributed by atoms with Crippen molar-refractivity contribution in [2.75, 3.05) is 0 Å². The van der Waals surface area contributed by atoms with Crippen molar-refractivity contribution in [3.05, 3.63) is 17.5 Å². The second kappa shape index (κ2) is 4.35. The molecule has 15 heavy (non-hydrogen) atoms. The summed E-state index contributed by atoms with van der Waals surface area (Å²) in [6, 6.07) is 1.24. The summed E-state index contributed by atoms with van der Waals surface area (Å²) in [6.07, 6.45) is 5.79. The SMILES string of the molecule is CCc1c(CNC2CC2)cnn1C(C)C. The monoisotopic (exact) mass is 207 g/mol. The van der Waals surface area contributed by atoms with Crippen LogP contribution in [0.4, 0.5) is 0 Å². The average Bonchev–Trinajstić information content (AvgIpc) is 2.93. The summed E-state index contributed by atoms with van der Waals surface area (Å²) in [5, 5.41) is 8.01. The third-order valence-corrected chi connectivity index (χ3v) is 2.97. The van der Waals surface area contributed by atoms with Crippen LogP contribution in [0.25, 0.3) is 0 Å². The molecular weight excluding hydrogens is 186 g/mol. The van der Waals surface area contributed by atoms with E-state index in [1.165, 1.54) is 24.1 Å². The van der Waals surface area contributed by atoms with Crippen LogP contribution in [0, 0.1) is 0 Å². The van der Waals surface area contributed by atoms with Crippen molar-refractivity contribution in [2.24, 2.45) is 0 Å². The summed E-state index contributed by atoms with van der Waals surface area (Å²) in [5.41, 5.74) is 2.76. The topological polar surface area (TPSA) is 29.9 Å². The van der Waals surface area contributed by atoms with Crippen molar-refractivity contribution >= 4 is 0 Å². The van der Waals surface area contributed by atoms with Gasteiger partial charge in [0, 0.05) is 29.9 Å². The van der Waals surface area contributed by atoms with E-state index >= 15 is 0 Å². The summed E-state index contributed by atoms with van der Waals surface area (Å²) in [4.78, 5) is 0. The summed E-state index contributed by atoms with van der Waals surface area (Å²) < 4.78 is 2.14. The molecule has 3 heteroatoms. The Morgan fingerprint density at radius 1 is 1.53 bits per heavy atom. The number of aromatic nitrogens is 2. The van der Waals surface area contributed by atoms with Crippen LogP contribution in [-0.2, 0) is 13.0 Å². The van der Waals surface area contributed by atoms with Gasteiger partial charge in [0.15, 0.2) is 0 Å². The zero-order valence-corrected chi connectivity index (χ0v) is 9.95. The molecular formula is C12H21N3. The first kappa shape index (κ1) is 10.7. The Hall–Kier alpha value is -0.830. The lowest BCUT2D eigenvalue weighted by molar-refractivity contribution is 0.509. The largest absolute Gasteiger partial charge is 0.310 e. The lowest BCUT2D eigenvalue weighted by Gasteiger charge is -2.11. The van der Waals surface area contributed by atoms with Gasteiger partial charge in [0.2, 0.25) is 0 Å². The van der Waals surface area contributed by atoms with E-state index in [4.69, 9.17) is 0 Å². The van der Waals surface area contributed by atoms with Crippen molar-refractivity contribution in [3.8, 4) is 0 Å². The van der Waals surface area contributed by atoms with E-state index in [9.17, 15) is 0 Å². The first-order valence-electron chi connectivity index (χ1n) is 6.01. The molecule has 1 heterocycles. The molecule has 0 saturated heterocycles.